The van der Waals surface area contributed by atoms with Crippen LogP contribution in [0.25, 0.3) is 0 Å². The van der Waals surface area contributed by atoms with E-state index in [4.69, 9.17) is 16.3 Å². The van der Waals surface area contributed by atoms with E-state index in [0.29, 0.717) is 6.54 Å². The summed E-state index contributed by atoms with van der Waals surface area (Å²) in [6.45, 7) is 5.26. The molecule has 0 saturated carbocycles. The zero-order valence-corrected chi connectivity index (χ0v) is 17.6. The molecule has 2 aromatic rings. The van der Waals surface area contributed by atoms with Crippen LogP contribution in [0.3, 0.4) is 0 Å². The van der Waals surface area contributed by atoms with Crippen LogP contribution in [0, 0.1) is 10.1 Å². The summed E-state index contributed by atoms with van der Waals surface area (Å²) in [5, 5.41) is 13.7. The SMILES string of the molecule is COc1ccc(N2CCN(CCCNC(=O)c3ccc([N+](=O)[O-])cc3Cl)CC2)cc1. The molecule has 1 fully saturated rings. The highest BCUT2D eigenvalue weighted by Crippen LogP contribution is 2.22. The van der Waals surface area contributed by atoms with Gasteiger partial charge in [-0.3, -0.25) is 19.8 Å². The van der Waals surface area contributed by atoms with Crippen molar-refractivity contribution < 1.29 is 14.5 Å². The van der Waals surface area contributed by atoms with E-state index in [0.717, 1.165) is 44.9 Å². The Morgan fingerprint density at radius 1 is 1.17 bits per heavy atom. The summed E-state index contributed by atoms with van der Waals surface area (Å²) in [6, 6.07) is 12.0. The first kappa shape index (κ1) is 21.9. The first-order valence-corrected chi connectivity index (χ1v) is 10.2. The number of non-ortho nitro benzene ring substituents is 1. The standard InChI is InChI=1S/C21H25ClN4O4/c1-30-18-6-3-16(4-7-18)25-13-11-24(12-14-25)10-2-9-23-21(27)19-8-5-17(26(28)29)15-20(19)22/h3-8,15H,2,9-14H2,1H3,(H,23,27). The number of nitro groups is 1. The Morgan fingerprint density at radius 2 is 1.87 bits per heavy atom. The van der Waals surface area contributed by atoms with Gasteiger partial charge in [-0.1, -0.05) is 11.6 Å². The third-order valence-corrected chi connectivity index (χ3v) is 5.47. The fourth-order valence-corrected chi connectivity index (χ4v) is 3.68. The molecular formula is C21H25ClN4O4. The maximum Gasteiger partial charge on any atom is 0.270 e. The van der Waals surface area contributed by atoms with Crippen molar-refractivity contribution in [2.75, 3.05) is 51.3 Å². The number of nitrogens with one attached hydrogen (secondary N) is 1. The van der Waals surface area contributed by atoms with Crippen molar-refractivity contribution in [3.63, 3.8) is 0 Å². The molecule has 30 heavy (non-hydrogen) atoms. The Morgan fingerprint density at radius 3 is 2.47 bits per heavy atom. The topological polar surface area (TPSA) is 88.0 Å². The maximum absolute atomic E-state index is 12.2. The molecule has 0 aliphatic carbocycles. The summed E-state index contributed by atoms with van der Waals surface area (Å²) < 4.78 is 5.20. The first-order chi connectivity index (χ1) is 14.5. The van der Waals surface area contributed by atoms with E-state index in [9.17, 15) is 14.9 Å². The van der Waals surface area contributed by atoms with Crippen LogP contribution in [0.2, 0.25) is 5.02 Å². The van der Waals surface area contributed by atoms with Crippen molar-refractivity contribution >= 4 is 28.9 Å². The lowest BCUT2D eigenvalue weighted by Gasteiger charge is -2.36. The minimum absolute atomic E-state index is 0.0800. The van der Waals surface area contributed by atoms with E-state index in [1.165, 1.54) is 23.9 Å². The van der Waals surface area contributed by atoms with Crippen LogP contribution in [0.1, 0.15) is 16.8 Å². The second-order valence-electron chi connectivity index (χ2n) is 7.06. The highest BCUT2D eigenvalue weighted by atomic mass is 35.5. The molecule has 0 aromatic heterocycles. The lowest BCUT2D eigenvalue weighted by Crippen LogP contribution is -2.47. The summed E-state index contributed by atoms with van der Waals surface area (Å²) in [5.41, 5.74) is 1.31. The number of rotatable bonds is 8. The van der Waals surface area contributed by atoms with E-state index >= 15 is 0 Å². The average molecular weight is 433 g/mol. The molecule has 1 N–H and O–H groups in total. The lowest BCUT2D eigenvalue weighted by molar-refractivity contribution is -0.384. The normalized spacial score (nSPS) is 14.4. The van der Waals surface area contributed by atoms with Crippen LogP contribution in [0.15, 0.2) is 42.5 Å². The van der Waals surface area contributed by atoms with Gasteiger partial charge in [-0.15, -0.1) is 0 Å². The van der Waals surface area contributed by atoms with Crippen LogP contribution in [-0.4, -0.2) is 62.1 Å². The number of amides is 1. The number of halogens is 1. The van der Waals surface area contributed by atoms with Crippen molar-refractivity contribution in [1.82, 2.24) is 10.2 Å². The van der Waals surface area contributed by atoms with Crippen molar-refractivity contribution in [3.8, 4) is 5.75 Å². The predicted molar refractivity (Wildman–Crippen MR) is 117 cm³/mol. The molecule has 160 valence electrons. The average Bonchev–Trinajstić information content (AvgIpc) is 2.77. The summed E-state index contributed by atoms with van der Waals surface area (Å²) >= 11 is 6.00. The zero-order chi connectivity index (χ0) is 21.5. The second kappa shape index (κ2) is 10.3. The lowest BCUT2D eigenvalue weighted by atomic mass is 10.2. The largest absolute Gasteiger partial charge is 0.497 e. The van der Waals surface area contributed by atoms with Crippen LogP contribution >= 0.6 is 11.6 Å². The molecule has 0 atom stereocenters. The second-order valence-corrected chi connectivity index (χ2v) is 7.46. The number of carbonyl (C=O) groups excluding carboxylic acids is 1. The van der Waals surface area contributed by atoms with Crippen molar-refractivity contribution in [2.24, 2.45) is 0 Å². The number of nitrogens with zero attached hydrogens (tertiary/aromatic N) is 3. The van der Waals surface area contributed by atoms with E-state index in [1.54, 1.807) is 7.11 Å². The molecule has 1 aliphatic heterocycles. The number of anilines is 1. The van der Waals surface area contributed by atoms with Crippen LogP contribution < -0.4 is 15.0 Å². The molecule has 3 rings (SSSR count). The summed E-state index contributed by atoms with van der Waals surface area (Å²) in [5.74, 6) is 0.536. The Bertz CT molecular complexity index is 883. The molecular weight excluding hydrogens is 408 g/mol. The third kappa shape index (κ3) is 5.61. The molecule has 9 heteroatoms. The Labute approximate surface area is 180 Å². The predicted octanol–water partition coefficient (Wildman–Crippen LogP) is 3.20. The summed E-state index contributed by atoms with van der Waals surface area (Å²) in [6.07, 6.45) is 0.818. The van der Waals surface area contributed by atoms with Crippen LogP contribution in [0.5, 0.6) is 5.75 Å². The smallest absolute Gasteiger partial charge is 0.270 e. The number of nitro benzene ring substituents is 1. The van der Waals surface area contributed by atoms with E-state index in [2.05, 4.69) is 27.2 Å². The van der Waals surface area contributed by atoms with Gasteiger partial charge < -0.3 is 15.0 Å². The highest BCUT2D eigenvalue weighted by molar-refractivity contribution is 6.34. The molecule has 1 aliphatic rings. The van der Waals surface area contributed by atoms with Crippen molar-refractivity contribution in [1.29, 1.82) is 0 Å². The summed E-state index contributed by atoms with van der Waals surface area (Å²) in [4.78, 5) is 27.2. The zero-order valence-electron chi connectivity index (χ0n) is 16.8. The van der Waals surface area contributed by atoms with Gasteiger partial charge in [-0.05, 0) is 43.3 Å². The number of benzene rings is 2. The summed E-state index contributed by atoms with van der Waals surface area (Å²) in [7, 11) is 1.66. The fraction of sp³-hybridized carbons (Fsp3) is 0.381. The van der Waals surface area contributed by atoms with E-state index in [1.807, 2.05) is 12.1 Å². The highest BCUT2D eigenvalue weighted by Gasteiger charge is 2.18. The maximum atomic E-state index is 12.2. The van der Waals surface area contributed by atoms with Gasteiger partial charge in [0.05, 0.1) is 22.6 Å². The van der Waals surface area contributed by atoms with Gasteiger partial charge in [-0.2, -0.15) is 0 Å². The van der Waals surface area contributed by atoms with Crippen molar-refractivity contribution in [3.05, 3.63) is 63.2 Å². The molecule has 0 spiro atoms. The van der Waals surface area contributed by atoms with E-state index < -0.39 is 4.92 Å². The van der Waals surface area contributed by atoms with Gasteiger partial charge in [0, 0.05) is 50.5 Å². The minimum atomic E-state index is -0.540. The van der Waals surface area contributed by atoms with E-state index in [-0.39, 0.29) is 22.2 Å². The number of ether oxygens (including phenoxy) is 1. The van der Waals surface area contributed by atoms with Gasteiger partial charge >= 0.3 is 0 Å². The number of piperazine rings is 1. The molecule has 1 heterocycles. The number of carbonyl (C=O) groups is 1. The molecule has 8 nitrogen and oxygen atoms in total. The number of methoxy groups -OCH3 is 1. The number of hydrogen-bond acceptors (Lipinski definition) is 6. The first-order valence-electron chi connectivity index (χ1n) is 9.81. The Balaban J connectivity index is 1.38. The Kier molecular flexibility index (Phi) is 7.48. The van der Waals surface area contributed by atoms with Gasteiger partial charge in [0.25, 0.3) is 11.6 Å². The van der Waals surface area contributed by atoms with Crippen molar-refractivity contribution in [2.45, 2.75) is 6.42 Å². The van der Waals surface area contributed by atoms with Crippen LogP contribution in [-0.2, 0) is 0 Å². The molecule has 0 radical (unpaired) electrons. The molecule has 0 bridgehead atoms. The molecule has 1 amide bonds. The minimum Gasteiger partial charge on any atom is -0.497 e. The monoisotopic (exact) mass is 432 g/mol. The molecule has 2 aromatic carbocycles. The van der Waals surface area contributed by atoms with Gasteiger partial charge in [0.2, 0.25) is 0 Å². The number of hydrogen-bond donors (Lipinski definition) is 1. The fourth-order valence-electron chi connectivity index (χ4n) is 3.42. The van der Waals surface area contributed by atoms with Crippen LogP contribution in [0.4, 0.5) is 11.4 Å². The third-order valence-electron chi connectivity index (χ3n) is 5.15. The molecule has 0 unspecified atom stereocenters. The van der Waals surface area contributed by atoms with Gasteiger partial charge in [-0.25, -0.2) is 0 Å². The van der Waals surface area contributed by atoms with Gasteiger partial charge in [0.15, 0.2) is 0 Å². The molecule has 1 saturated heterocycles. The Hall–Kier alpha value is -2.84. The quantitative estimate of drug-likeness (QED) is 0.391. The van der Waals surface area contributed by atoms with Gasteiger partial charge in [0.1, 0.15) is 5.75 Å².